The van der Waals surface area contributed by atoms with Crippen LogP contribution in [0.15, 0.2) is 47.4 Å². The van der Waals surface area contributed by atoms with Gasteiger partial charge in [0.2, 0.25) is 5.91 Å². The number of non-ortho nitro benzene ring substituents is 1. The molecule has 2 aromatic carbocycles. The Morgan fingerprint density at radius 3 is 2.44 bits per heavy atom. The highest BCUT2D eigenvalue weighted by Crippen LogP contribution is 2.35. The summed E-state index contributed by atoms with van der Waals surface area (Å²) in [7, 11) is -2.75. The molecule has 0 radical (unpaired) electrons. The maximum atomic E-state index is 13.3. The zero-order valence-corrected chi connectivity index (χ0v) is 18.4. The van der Waals surface area contributed by atoms with E-state index in [0.717, 1.165) is 18.9 Å². The molecule has 2 aliphatic rings. The zero-order valence-electron chi connectivity index (χ0n) is 17.6. The van der Waals surface area contributed by atoms with Crippen molar-refractivity contribution in [1.82, 2.24) is 4.90 Å². The van der Waals surface area contributed by atoms with Gasteiger partial charge >= 0.3 is 0 Å². The smallest absolute Gasteiger partial charge is 0.270 e. The third-order valence-electron chi connectivity index (χ3n) is 5.65. The standard InChI is InChI=1S/C21H24N4O6S/c1-31-19-5-3-2-4-17(19)22-32(29,30)20-14-16(25(27)28)8-9-18(20)23-10-12-24(13-11-23)21(26)15-6-7-15/h2-5,8-9,14-15,22H,6-7,10-13H2,1H3. The number of para-hydroxylation sites is 2. The van der Waals surface area contributed by atoms with Crippen molar-refractivity contribution in [2.75, 3.05) is 42.9 Å². The van der Waals surface area contributed by atoms with Gasteiger partial charge in [0, 0.05) is 44.2 Å². The van der Waals surface area contributed by atoms with E-state index in [2.05, 4.69) is 4.72 Å². The van der Waals surface area contributed by atoms with E-state index in [0.29, 0.717) is 37.6 Å². The number of amides is 1. The molecule has 1 saturated heterocycles. The summed E-state index contributed by atoms with van der Waals surface area (Å²) < 4.78 is 34.3. The minimum atomic E-state index is -4.17. The first-order valence-electron chi connectivity index (χ1n) is 10.3. The van der Waals surface area contributed by atoms with Gasteiger partial charge in [-0.25, -0.2) is 8.42 Å². The predicted molar refractivity (Wildman–Crippen MR) is 118 cm³/mol. The van der Waals surface area contributed by atoms with E-state index in [4.69, 9.17) is 4.74 Å². The van der Waals surface area contributed by atoms with Gasteiger partial charge in [0.25, 0.3) is 15.7 Å². The van der Waals surface area contributed by atoms with E-state index in [9.17, 15) is 23.3 Å². The average Bonchev–Trinajstić information content (AvgIpc) is 3.64. The number of sulfonamides is 1. The molecule has 0 atom stereocenters. The molecule has 0 bridgehead atoms. The Morgan fingerprint density at radius 2 is 1.81 bits per heavy atom. The van der Waals surface area contributed by atoms with Gasteiger partial charge in [0.15, 0.2) is 0 Å². The van der Waals surface area contributed by atoms with Crippen molar-refractivity contribution in [3.8, 4) is 5.75 Å². The Kier molecular flexibility index (Phi) is 5.92. The van der Waals surface area contributed by atoms with Crippen LogP contribution < -0.4 is 14.4 Å². The lowest BCUT2D eigenvalue weighted by atomic mass is 10.2. The van der Waals surface area contributed by atoms with E-state index in [-0.39, 0.29) is 28.1 Å². The molecular formula is C21H24N4O6S. The van der Waals surface area contributed by atoms with Gasteiger partial charge in [0.1, 0.15) is 10.6 Å². The molecule has 170 valence electrons. The van der Waals surface area contributed by atoms with E-state index < -0.39 is 14.9 Å². The van der Waals surface area contributed by atoms with Gasteiger partial charge in [-0.15, -0.1) is 0 Å². The topological polar surface area (TPSA) is 122 Å². The molecule has 1 saturated carbocycles. The summed E-state index contributed by atoms with van der Waals surface area (Å²) in [4.78, 5) is 26.5. The fourth-order valence-corrected chi connectivity index (χ4v) is 5.09. The molecule has 11 heteroatoms. The number of carbonyl (C=O) groups is 1. The first kappa shape index (κ1) is 21.9. The summed E-state index contributed by atoms with van der Waals surface area (Å²) >= 11 is 0. The molecule has 32 heavy (non-hydrogen) atoms. The number of ether oxygens (including phenoxy) is 1. The first-order chi connectivity index (χ1) is 15.3. The zero-order chi connectivity index (χ0) is 22.9. The molecular weight excluding hydrogens is 436 g/mol. The van der Waals surface area contributed by atoms with Gasteiger partial charge in [-0.05, 0) is 31.0 Å². The minimum Gasteiger partial charge on any atom is -0.495 e. The highest BCUT2D eigenvalue weighted by Gasteiger charge is 2.35. The van der Waals surface area contributed by atoms with Gasteiger partial charge < -0.3 is 14.5 Å². The summed E-state index contributed by atoms with van der Waals surface area (Å²) in [5, 5.41) is 11.3. The monoisotopic (exact) mass is 460 g/mol. The van der Waals surface area contributed by atoms with Crippen LogP contribution in [0, 0.1) is 16.0 Å². The van der Waals surface area contributed by atoms with E-state index in [1.165, 1.54) is 19.2 Å². The second-order valence-corrected chi connectivity index (χ2v) is 9.45. The lowest BCUT2D eigenvalue weighted by Crippen LogP contribution is -2.49. The van der Waals surface area contributed by atoms with Crippen molar-refractivity contribution >= 4 is 33.0 Å². The number of hydrogen-bond acceptors (Lipinski definition) is 7. The van der Waals surface area contributed by atoms with Crippen LogP contribution in [0.1, 0.15) is 12.8 Å². The molecule has 10 nitrogen and oxygen atoms in total. The van der Waals surface area contributed by atoms with Crippen molar-refractivity contribution in [2.45, 2.75) is 17.7 Å². The quantitative estimate of drug-likeness (QED) is 0.497. The number of benzene rings is 2. The van der Waals surface area contributed by atoms with Crippen molar-refractivity contribution in [1.29, 1.82) is 0 Å². The molecule has 1 heterocycles. The number of piperazine rings is 1. The minimum absolute atomic E-state index is 0.127. The van der Waals surface area contributed by atoms with Crippen LogP contribution >= 0.6 is 0 Å². The highest BCUT2D eigenvalue weighted by atomic mass is 32.2. The molecule has 2 fully saturated rings. The summed E-state index contributed by atoms with van der Waals surface area (Å²) in [6, 6.07) is 10.3. The molecule has 1 aliphatic carbocycles. The molecule has 0 aromatic heterocycles. The van der Waals surface area contributed by atoms with Crippen molar-refractivity contribution in [3.63, 3.8) is 0 Å². The summed E-state index contributed by atoms with van der Waals surface area (Å²) in [5.41, 5.74) is 0.264. The van der Waals surface area contributed by atoms with Crippen LogP contribution in [-0.2, 0) is 14.8 Å². The molecule has 0 unspecified atom stereocenters. The third kappa shape index (κ3) is 4.47. The number of nitrogens with zero attached hydrogens (tertiary/aromatic N) is 3. The van der Waals surface area contributed by atoms with Crippen molar-refractivity contribution in [2.24, 2.45) is 5.92 Å². The Labute approximate surface area is 186 Å². The van der Waals surface area contributed by atoms with Crippen LogP contribution in [0.5, 0.6) is 5.75 Å². The third-order valence-corrected chi connectivity index (χ3v) is 7.05. The predicted octanol–water partition coefficient (Wildman–Crippen LogP) is 2.46. The molecule has 0 spiro atoms. The van der Waals surface area contributed by atoms with Crippen LogP contribution in [0.4, 0.5) is 17.1 Å². The molecule has 1 N–H and O–H groups in total. The lowest BCUT2D eigenvalue weighted by Gasteiger charge is -2.37. The van der Waals surface area contributed by atoms with Crippen molar-refractivity contribution < 1.29 is 22.9 Å². The number of carbonyl (C=O) groups excluding carboxylic acids is 1. The second kappa shape index (κ2) is 8.65. The summed E-state index contributed by atoms with van der Waals surface area (Å²) in [6.45, 7) is 1.83. The van der Waals surface area contributed by atoms with Crippen LogP contribution in [0.25, 0.3) is 0 Å². The van der Waals surface area contributed by atoms with Gasteiger partial charge in [-0.3, -0.25) is 19.6 Å². The van der Waals surface area contributed by atoms with Crippen LogP contribution in [0.2, 0.25) is 0 Å². The second-order valence-electron chi connectivity index (χ2n) is 7.80. The normalized spacial score (nSPS) is 16.5. The molecule has 4 rings (SSSR count). The molecule has 1 aliphatic heterocycles. The Balaban J connectivity index is 1.64. The summed E-state index contributed by atoms with van der Waals surface area (Å²) in [5.74, 6) is 0.608. The van der Waals surface area contributed by atoms with E-state index >= 15 is 0 Å². The maximum absolute atomic E-state index is 13.3. The van der Waals surface area contributed by atoms with E-state index in [1.807, 2.05) is 4.90 Å². The van der Waals surface area contributed by atoms with Gasteiger partial charge in [-0.2, -0.15) is 0 Å². The average molecular weight is 461 g/mol. The number of nitrogens with one attached hydrogen (secondary N) is 1. The number of nitro benzene ring substituents is 1. The largest absolute Gasteiger partial charge is 0.495 e. The first-order valence-corrected chi connectivity index (χ1v) is 11.8. The van der Waals surface area contributed by atoms with Gasteiger partial charge in [-0.1, -0.05) is 12.1 Å². The van der Waals surface area contributed by atoms with Crippen molar-refractivity contribution in [3.05, 3.63) is 52.6 Å². The van der Waals surface area contributed by atoms with Gasteiger partial charge in [0.05, 0.1) is 23.4 Å². The maximum Gasteiger partial charge on any atom is 0.270 e. The lowest BCUT2D eigenvalue weighted by molar-refractivity contribution is -0.385. The number of anilines is 2. The van der Waals surface area contributed by atoms with Crippen LogP contribution in [0.3, 0.4) is 0 Å². The Morgan fingerprint density at radius 1 is 1.12 bits per heavy atom. The summed E-state index contributed by atoms with van der Waals surface area (Å²) in [6.07, 6.45) is 1.86. The van der Waals surface area contributed by atoms with E-state index in [1.54, 1.807) is 29.2 Å². The number of methoxy groups -OCH3 is 1. The highest BCUT2D eigenvalue weighted by molar-refractivity contribution is 7.93. The van der Waals surface area contributed by atoms with Crippen LogP contribution in [-0.4, -0.2) is 57.4 Å². The fraction of sp³-hybridized carbons (Fsp3) is 0.381. The molecule has 1 amide bonds. The number of nitro groups is 1. The number of hydrogen-bond donors (Lipinski definition) is 1. The SMILES string of the molecule is COc1ccccc1NS(=O)(=O)c1cc([N+](=O)[O-])ccc1N1CCN(C(=O)C2CC2)CC1. The number of rotatable bonds is 7. The fourth-order valence-electron chi connectivity index (χ4n) is 3.78. The Bertz CT molecular complexity index is 1140. The Hall–Kier alpha value is -3.34. The molecule has 2 aromatic rings.